The summed E-state index contributed by atoms with van der Waals surface area (Å²) in [7, 11) is 1.68. The molecule has 3 heteroatoms. The zero-order valence-electron chi connectivity index (χ0n) is 13.0. The summed E-state index contributed by atoms with van der Waals surface area (Å²) in [6.07, 6.45) is 2.71. The van der Waals surface area contributed by atoms with Crippen molar-refractivity contribution >= 4 is 28.7 Å². The molecule has 1 unspecified atom stereocenters. The molecule has 0 saturated carbocycles. The fourth-order valence-corrected chi connectivity index (χ4v) is 2.77. The highest BCUT2D eigenvalue weighted by molar-refractivity contribution is 14.1. The van der Waals surface area contributed by atoms with E-state index in [9.17, 15) is 0 Å². The fourth-order valence-electron chi connectivity index (χ4n) is 2.38. The molecule has 0 heterocycles. The second-order valence-electron chi connectivity index (χ2n) is 4.90. The lowest BCUT2D eigenvalue weighted by atomic mass is 9.98. The lowest BCUT2D eigenvalue weighted by molar-refractivity contribution is -0.118. The highest BCUT2D eigenvalue weighted by Gasteiger charge is 2.08. The monoisotopic (exact) mass is 408 g/mol. The summed E-state index contributed by atoms with van der Waals surface area (Å²) in [6, 6.07) is 17.0. The molecule has 0 fully saturated rings. The third-order valence-electron chi connectivity index (χ3n) is 3.49. The Kier molecular flexibility index (Phi) is 7.09. The molecule has 0 aliphatic heterocycles. The van der Waals surface area contributed by atoms with Crippen LogP contribution in [0.25, 0.3) is 17.2 Å². The van der Waals surface area contributed by atoms with Gasteiger partial charge in [-0.25, -0.2) is 0 Å². The maximum absolute atomic E-state index is 5.53. The highest BCUT2D eigenvalue weighted by Crippen LogP contribution is 2.25. The van der Waals surface area contributed by atoms with Crippen molar-refractivity contribution in [3.8, 4) is 11.1 Å². The van der Waals surface area contributed by atoms with Gasteiger partial charge in [0.1, 0.15) is 0 Å². The number of hydrogen-bond acceptors (Lipinski definition) is 2. The zero-order valence-corrected chi connectivity index (χ0v) is 15.1. The topological polar surface area (TPSA) is 18.5 Å². The van der Waals surface area contributed by atoms with Gasteiger partial charge in [0.15, 0.2) is 6.29 Å². The van der Waals surface area contributed by atoms with Crippen molar-refractivity contribution in [1.29, 1.82) is 0 Å². The van der Waals surface area contributed by atoms with Gasteiger partial charge in [-0.15, -0.1) is 0 Å². The lowest BCUT2D eigenvalue weighted by Crippen LogP contribution is -2.18. The second kappa shape index (κ2) is 9.08. The molecule has 0 aliphatic carbocycles. The smallest absolute Gasteiger partial charge is 0.161 e. The molecule has 2 aromatic carbocycles. The number of methoxy groups -OCH3 is 1. The molecular formula is C19H21IO2. The average molecular weight is 408 g/mol. The molecule has 0 saturated heterocycles. The second-order valence-corrected chi connectivity index (χ2v) is 5.62. The van der Waals surface area contributed by atoms with Gasteiger partial charge in [-0.05, 0) is 39.3 Å². The Balaban J connectivity index is 2.19. The van der Waals surface area contributed by atoms with Gasteiger partial charge in [-0.3, -0.25) is 0 Å². The third kappa shape index (κ3) is 4.66. The molecule has 0 N–H and O–H groups in total. The summed E-state index contributed by atoms with van der Waals surface area (Å²) in [5.41, 5.74) is 4.91. The van der Waals surface area contributed by atoms with Gasteiger partial charge in [-0.1, -0.05) is 71.1 Å². The molecule has 0 bridgehead atoms. The summed E-state index contributed by atoms with van der Waals surface area (Å²) in [4.78, 5) is 0. The normalized spacial score (nSPS) is 12.7. The van der Waals surface area contributed by atoms with Crippen LogP contribution in [-0.4, -0.2) is 20.0 Å². The number of halogens is 1. The number of benzene rings is 2. The van der Waals surface area contributed by atoms with Crippen LogP contribution in [0.5, 0.6) is 0 Å². The van der Waals surface area contributed by atoms with E-state index in [1.54, 1.807) is 7.11 Å². The van der Waals surface area contributed by atoms with E-state index in [1.807, 2.05) is 11.0 Å². The molecule has 0 spiro atoms. The Morgan fingerprint density at radius 2 is 1.82 bits per heavy atom. The van der Waals surface area contributed by atoms with Crippen molar-refractivity contribution in [2.45, 2.75) is 19.6 Å². The number of hydrogen-bond donors (Lipinski definition) is 0. The van der Waals surface area contributed by atoms with Gasteiger partial charge in [0, 0.05) is 20.1 Å². The van der Waals surface area contributed by atoms with Crippen molar-refractivity contribution in [2.24, 2.45) is 0 Å². The Bertz CT molecular complexity index is 605. The summed E-state index contributed by atoms with van der Waals surface area (Å²) >= 11 is 2.25. The first-order valence-corrected chi connectivity index (χ1v) is 8.62. The van der Waals surface area contributed by atoms with E-state index in [0.717, 1.165) is 6.42 Å². The first-order valence-electron chi connectivity index (χ1n) is 7.38. The van der Waals surface area contributed by atoms with Crippen LogP contribution < -0.4 is 0 Å². The van der Waals surface area contributed by atoms with Gasteiger partial charge in [-0.2, -0.15) is 0 Å². The van der Waals surface area contributed by atoms with Crippen LogP contribution in [0.15, 0.2) is 52.6 Å². The Morgan fingerprint density at radius 3 is 2.45 bits per heavy atom. The largest absolute Gasteiger partial charge is 0.356 e. The van der Waals surface area contributed by atoms with Crippen molar-refractivity contribution in [3.63, 3.8) is 0 Å². The van der Waals surface area contributed by atoms with E-state index < -0.39 is 0 Å². The minimum atomic E-state index is -0.176. The molecule has 22 heavy (non-hydrogen) atoms. The summed E-state index contributed by atoms with van der Waals surface area (Å²) in [5.74, 6) is 0. The lowest BCUT2D eigenvalue weighted by Gasteiger charge is -2.15. The fraction of sp³-hybridized carbons (Fsp3) is 0.263. The maximum Gasteiger partial charge on any atom is 0.161 e. The van der Waals surface area contributed by atoms with Crippen LogP contribution in [0.2, 0.25) is 0 Å². The van der Waals surface area contributed by atoms with E-state index in [4.69, 9.17) is 9.47 Å². The first kappa shape index (κ1) is 17.2. The van der Waals surface area contributed by atoms with Crippen LogP contribution in [-0.2, 0) is 15.9 Å². The van der Waals surface area contributed by atoms with Gasteiger partial charge >= 0.3 is 0 Å². The van der Waals surface area contributed by atoms with Crippen molar-refractivity contribution in [1.82, 2.24) is 0 Å². The Morgan fingerprint density at radius 1 is 1.09 bits per heavy atom. The van der Waals surface area contributed by atoms with Crippen molar-refractivity contribution in [3.05, 3.63) is 63.7 Å². The molecule has 0 radical (unpaired) electrons. The molecule has 1 atom stereocenters. The van der Waals surface area contributed by atoms with E-state index in [-0.39, 0.29) is 6.29 Å². The van der Waals surface area contributed by atoms with E-state index in [2.05, 4.69) is 77.2 Å². The third-order valence-corrected chi connectivity index (χ3v) is 3.85. The van der Waals surface area contributed by atoms with Crippen LogP contribution in [0.1, 0.15) is 18.1 Å². The van der Waals surface area contributed by atoms with Gasteiger partial charge < -0.3 is 9.47 Å². The molecule has 0 amide bonds. The van der Waals surface area contributed by atoms with Crippen molar-refractivity contribution < 1.29 is 9.47 Å². The predicted octanol–water partition coefficient (Wildman–Crippen LogP) is 5.31. The summed E-state index contributed by atoms with van der Waals surface area (Å²) in [6.45, 7) is 2.64. The number of rotatable bonds is 7. The highest BCUT2D eigenvalue weighted by atomic mass is 127. The standard InChI is InChI=1S/C19H21IO2/c1-3-22-19(21-2)14-15-8-10-17(11-9-15)18-7-5-4-6-16(18)12-13-20/h4-13,19H,3,14H2,1-2H3. The Labute approximate surface area is 146 Å². The quantitative estimate of drug-likeness (QED) is 0.457. The number of ether oxygens (including phenoxy) is 2. The van der Waals surface area contributed by atoms with Crippen molar-refractivity contribution in [2.75, 3.05) is 13.7 Å². The molecule has 2 nitrogen and oxygen atoms in total. The van der Waals surface area contributed by atoms with E-state index >= 15 is 0 Å². The van der Waals surface area contributed by atoms with Crippen LogP contribution in [0.4, 0.5) is 0 Å². The molecule has 2 aromatic rings. The summed E-state index contributed by atoms with van der Waals surface area (Å²) in [5, 5.41) is 0. The van der Waals surface area contributed by atoms with E-state index in [1.165, 1.54) is 22.3 Å². The average Bonchev–Trinajstić information content (AvgIpc) is 2.56. The van der Waals surface area contributed by atoms with Crippen LogP contribution >= 0.6 is 22.6 Å². The molecular weight excluding hydrogens is 387 g/mol. The maximum atomic E-state index is 5.53. The molecule has 116 valence electrons. The Hall–Kier alpha value is -1.17. The summed E-state index contributed by atoms with van der Waals surface area (Å²) < 4.78 is 12.9. The van der Waals surface area contributed by atoms with Crippen LogP contribution in [0, 0.1) is 0 Å². The molecule has 2 rings (SSSR count). The van der Waals surface area contributed by atoms with Gasteiger partial charge in [0.05, 0.1) is 0 Å². The zero-order chi connectivity index (χ0) is 15.8. The van der Waals surface area contributed by atoms with E-state index in [0.29, 0.717) is 6.61 Å². The minimum absolute atomic E-state index is 0.176. The van der Waals surface area contributed by atoms with Crippen LogP contribution in [0.3, 0.4) is 0 Å². The minimum Gasteiger partial charge on any atom is -0.356 e. The predicted molar refractivity (Wildman–Crippen MR) is 101 cm³/mol. The van der Waals surface area contributed by atoms with Gasteiger partial charge in [0.25, 0.3) is 0 Å². The first-order chi connectivity index (χ1) is 10.8. The van der Waals surface area contributed by atoms with Gasteiger partial charge in [0.2, 0.25) is 0 Å². The molecule has 0 aromatic heterocycles. The molecule has 0 aliphatic rings. The SMILES string of the molecule is CCOC(Cc1ccc(-c2ccccc2C=CI)cc1)OC.